The molecule has 3 heteroatoms. The molecule has 1 fully saturated rings. The quantitative estimate of drug-likeness (QED) is 0.858. The molecule has 1 aromatic carbocycles. The van der Waals surface area contributed by atoms with Crippen LogP contribution in [-0.4, -0.2) is 30.7 Å². The third-order valence-corrected chi connectivity index (χ3v) is 5.98. The Bertz CT molecular complexity index is 423. The molecule has 2 aliphatic rings. The van der Waals surface area contributed by atoms with Crippen molar-refractivity contribution in [2.45, 2.75) is 30.9 Å². The van der Waals surface area contributed by atoms with Crippen LogP contribution in [-0.2, 0) is 11.2 Å². The molecule has 3 rings (SSSR count). The van der Waals surface area contributed by atoms with Crippen molar-refractivity contribution in [3.05, 3.63) is 35.4 Å². The van der Waals surface area contributed by atoms with Crippen molar-refractivity contribution in [3.63, 3.8) is 0 Å². The monoisotopic (exact) mass is 278 g/mol. The van der Waals surface area contributed by atoms with E-state index in [9.17, 15) is 5.11 Å². The summed E-state index contributed by atoms with van der Waals surface area (Å²) in [6, 6.07) is 8.89. The highest BCUT2D eigenvalue weighted by atomic mass is 32.2. The van der Waals surface area contributed by atoms with Crippen LogP contribution in [0.15, 0.2) is 24.3 Å². The van der Waals surface area contributed by atoms with E-state index < -0.39 is 0 Å². The third-order valence-electron chi connectivity index (χ3n) is 4.31. The molecule has 1 saturated heterocycles. The Balaban J connectivity index is 1.70. The van der Waals surface area contributed by atoms with E-state index in [0.29, 0.717) is 5.25 Å². The van der Waals surface area contributed by atoms with Crippen LogP contribution in [0.25, 0.3) is 0 Å². The van der Waals surface area contributed by atoms with Crippen LogP contribution in [0.1, 0.15) is 35.6 Å². The van der Waals surface area contributed by atoms with Gasteiger partial charge in [0.15, 0.2) is 0 Å². The van der Waals surface area contributed by atoms with E-state index in [1.54, 1.807) is 0 Å². The Morgan fingerprint density at radius 2 is 2.11 bits per heavy atom. The number of hydrogen-bond acceptors (Lipinski definition) is 3. The molecule has 1 heterocycles. The zero-order chi connectivity index (χ0) is 13.1. The Kier molecular flexibility index (Phi) is 4.15. The van der Waals surface area contributed by atoms with E-state index in [1.165, 1.54) is 36.8 Å². The molecule has 0 aromatic heterocycles. The van der Waals surface area contributed by atoms with Crippen LogP contribution in [0, 0.1) is 5.41 Å². The first-order chi connectivity index (χ1) is 9.33. The summed E-state index contributed by atoms with van der Waals surface area (Å²) < 4.78 is 5.29. The second kappa shape index (κ2) is 5.86. The third kappa shape index (κ3) is 2.83. The summed E-state index contributed by atoms with van der Waals surface area (Å²) in [5, 5.41) is 10.1. The topological polar surface area (TPSA) is 29.5 Å². The molecular weight excluding hydrogens is 256 g/mol. The lowest BCUT2D eigenvalue weighted by Gasteiger charge is -2.40. The highest BCUT2D eigenvalue weighted by Gasteiger charge is 2.38. The largest absolute Gasteiger partial charge is 0.396 e. The zero-order valence-electron chi connectivity index (χ0n) is 11.3. The summed E-state index contributed by atoms with van der Waals surface area (Å²) in [4.78, 5) is 0. The molecule has 1 atom stereocenters. The maximum Gasteiger partial charge on any atom is 0.0575 e. The SMILES string of the molecule is OCC1(CSC2CCCCc3ccccc32)COC1. The van der Waals surface area contributed by atoms with Gasteiger partial charge in [-0.3, -0.25) is 0 Å². The van der Waals surface area contributed by atoms with E-state index in [1.807, 2.05) is 11.8 Å². The standard InChI is InChI=1S/C16H22O2S/c17-9-16(10-18-11-16)12-19-15-8-4-2-6-13-5-1-3-7-14(13)15/h1,3,5,7,15,17H,2,4,6,8-12H2. The van der Waals surface area contributed by atoms with Gasteiger partial charge in [0.05, 0.1) is 19.8 Å². The fraction of sp³-hybridized carbons (Fsp3) is 0.625. The van der Waals surface area contributed by atoms with E-state index in [2.05, 4.69) is 24.3 Å². The fourth-order valence-electron chi connectivity index (χ4n) is 2.94. The predicted molar refractivity (Wildman–Crippen MR) is 79.5 cm³/mol. The maximum absolute atomic E-state index is 9.52. The first kappa shape index (κ1) is 13.5. The van der Waals surface area contributed by atoms with Crippen molar-refractivity contribution in [1.29, 1.82) is 0 Å². The van der Waals surface area contributed by atoms with E-state index in [-0.39, 0.29) is 12.0 Å². The van der Waals surface area contributed by atoms with Gasteiger partial charge < -0.3 is 9.84 Å². The molecule has 0 radical (unpaired) electrons. The smallest absolute Gasteiger partial charge is 0.0575 e. The number of rotatable bonds is 4. The molecule has 0 spiro atoms. The van der Waals surface area contributed by atoms with Crippen LogP contribution in [0.4, 0.5) is 0 Å². The second-order valence-electron chi connectivity index (χ2n) is 5.90. The van der Waals surface area contributed by atoms with Gasteiger partial charge in [-0.25, -0.2) is 0 Å². The van der Waals surface area contributed by atoms with Gasteiger partial charge in [0, 0.05) is 16.4 Å². The molecule has 0 bridgehead atoms. The molecular formula is C16H22O2S. The summed E-state index contributed by atoms with van der Waals surface area (Å²) >= 11 is 2.02. The second-order valence-corrected chi connectivity index (χ2v) is 7.09. The maximum atomic E-state index is 9.52. The Morgan fingerprint density at radius 1 is 1.26 bits per heavy atom. The number of thioether (sulfide) groups is 1. The molecule has 19 heavy (non-hydrogen) atoms. The van der Waals surface area contributed by atoms with Gasteiger partial charge in [-0.15, -0.1) is 0 Å². The molecule has 1 unspecified atom stereocenters. The Morgan fingerprint density at radius 3 is 2.84 bits per heavy atom. The number of aliphatic hydroxyl groups is 1. The van der Waals surface area contributed by atoms with Crippen molar-refractivity contribution in [3.8, 4) is 0 Å². The number of aliphatic hydroxyl groups excluding tert-OH is 1. The lowest BCUT2D eigenvalue weighted by atomic mass is 9.90. The lowest BCUT2D eigenvalue weighted by Crippen LogP contribution is -2.47. The van der Waals surface area contributed by atoms with E-state index in [4.69, 9.17) is 4.74 Å². The van der Waals surface area contributed by atoms with Crippen LogP contribution >= 0.6 is 11.8 Å². The summed E-state index contributed by atoms with van der Waals surface area (Å²) in [7, 11) is 0. The minimum atomic E-state index is 0.0336. The van der Waals surface area contributed by atoms with Crippen molar-refractivity contribution < 1.29 is 9.84 Å². The molecule has 2 nitrogen and oxygen atoms in total. The van der Waals surface area contributed by atoms with Crippen molar-refractivity contribution in [2.24, 2.45) is 5.41 Å². The molecule has 0 amide bonds. The number of fused-ring (bicyclic) bond motifs is 1. The highest BCUT2D eigenvalue weighted by Crippen LogP contribution is 2.42. The predicted octanol–water partition coefficient (Wildman–Crippen LogP) is 3.20. The molecule has 1 aliphatic carbocycles. The van der Waals surface area contributed by atoms with Crippen LogP contribution in [0.3, 0.4) is 0 Å². The van der Waals surface area contributed by atoms with Gasteiger partial charge in [0.1, 0.15) is 0 Å². The molecule has 1 N–H and O–H groups in total. The summed E-state index contributed by atoms with van der Waals surface area (Å²) in [5.41, 5.74) is 3.09. The number of hydrogen-bond donors (Lipinski definition) is 1. The lowest BCUT2D eigenvalue weighted by molar-refractivity contribution is -0.121. The first-order valence-electron chi connectivity index (χ1n) is 7.21. The van der Waals surface area contributed by atoms with E-state index in [0.717, 1.165) is 19.0 Å². The Hall–Kier alpha value is -0.510. The van der Waals surface area contributed by atoms with Crippen molar-refractivity contribution in [2.75, 3.05) is 25.6 Å². The van der Waals surface area contributed by atoms with Gasteiger partial charge in [-0.1, -0.05) is 30.7 Å². The zero-order valence-corrected chi connectivity index (χ0v) is 12.1. The summed E-state index contributed by atoms with van der Waals surface area (Å²) in [6.07, 6.45) is 5.11. The minimum absolute atomic E-state index is 0.0336. The van der Waals surface area contributed by atoms with Crippen LogP contribution < -0.4 is 0 Å². The normalized spacial score (nSPS) is 25.2. The molecule has 0 saturated carbocycles. The fourth-order valence-corrected chi connectivity index (χ4v) is 4.49. The Labute approximate surface area is 119 Å². The molecule has 1 aliphatic heterocycles. The van der Waals surface area contributed by atoms with Gasteiger partial charge in [0.2, 0.25) is 0 Å². The molecule has 104 valence electrons. The van der Waals surface area contributed by atoms with Crippen LogP contribution in [0.5, 0.6) is 0 Å². The molecule has 1 aromatic rings. The van der Waals surface area contributed by atoms with Gasteiger partial charge >= 0.3 is 0 Å². The number of ether oxygens (including phenoxy) is 1. The average molecular weight is 278 g/mol. The average Bonchev–Trinajstić information content (AvgIpc) is 2.61. The summed E-state index contributed by atoms with van der Waals surface area (Å²) in [5.74, 6) is 1.02. The first-order valence-corrected chi connectivity index (χ1v) is 8.26. The number of aryl methyl sites for hydroxylation is 1. The minimum Gasteiger partial charge on any atom is -0.396 e. The van der Waals surface area contributed by atoms with Gasteiger partial charge in [0.25, 0.3) is 0 Å². The van der Waals surface area contributed by atoms with E-state index >= 15 is 0 Å². The van der Waals surface area contributed by atoms with Crippen molar-refractivity contribution >= 4 is 11.8 Å². The van der Waals surface area contributed by atoms with Crippen molar-refractivity contribution in [1.82, 2.24) is 0 Å². The van der Waals surface area contributed by atoms with Gasteiger partial charge in [-0.05, 0) is 30.4 Å². The number of benzene rings is 1. The summed E-state index contributed by atoms with van der Waals surface area (Å²) in [6.45, 7) is 1.71. The van der Waals surface area contributed by atoms with Gasteiger partial charge in [-0.2, -0.15) is 11.8 Å². The highest BCUT2D eigenvalue weighted by molar-refractivity contribution is 7.99. The van der Waals surface area contributed by atoms with Crippen LogP contribution in [0.2, 0.25) is 0 Å².